The molecule has 5 atom stereocenters. The van der Waals surface area contributed by atoms with Crippen molar-refractivity contribution >= 4 is 29.3 Å². The van der Waals surface area contributed by atoms with Crippen molar-refractivity contribution < 1.29 is 19.2 Å². The SMILES string of the molecule is CC1CC2CC(C)CC(C(=O)NC(C)C(=O)N(C)CC(=O)N3CC(C(=O)Nc4ccccc4)CC3C#N)(C1)C2. The summed E-state index contributed by atoms with van der Waals surface area (Å²) in [6.07, 6.45) is 5.13. The lowest BCUT2D eigenvalue weighted by Crippen LogP contribution is -2.55. The number of hydrogen-bond donors (Lipinski definition) is 2. The van der Waals surface area contributed by atoms with E-state index in [0.29, 0.717) is 23.4 Å². The van der Waals surface area contributed by atoms with Gasteiger partial charge in [-0.05, 0) is 75.3 Å². The summed E-state index contributed by atoms with van der Waals surface area (Å²) in [4.78, 5) is 55.2. The van der Waals surface area contributed by atoms with Gasteiger partial charge in [0.1, 0.15) is 12.1 Å². The number of carbonyl (C=O) groups is 4. The van der Waals surface area contributed by atoms with Gasteiger partial charge in [-0.15, -0.1) is 0 Å². The normalized spacial score (nSPS) is 30.5. The first-order chi connectivity index (χ1) is 18.5. The van der Waals surface area contributed by atoms with Crippen LogP contribution in [0.3, 0.4) is 0 Å². The van der Waals surface area contributed by atoms with E-state index in [0.717, 1.165) is 32.1 Å². The number of para-hydroxylation sites is 1. The van der Waals surface area contributed by atoms with E-state index in [4.69, 9.17) is 0 Å². The molecule has 210 valence electrons. The average Bonchev–Trinajstić information content (AvgIpc) is 3.33. The average molecular weight is 536 g/mol. The Labute approximate surface area is 231 Å². The molecule has 4 rings (SSSR count). The summed E-state index contributed by atoms with van der Waals surface area (Å²) in [6, 6.07) is 9.65. The van der Waals surface area contributed by atoms with Gasteiger partial charge >= 0.3 is 0 Å². The third kappa shape index (κ3) is 6.43. The number of likely N-dealkylation sites (tertiary alicyclic amines) is 1. The van der Waals surface area contributed by atoms with Gasteiger partial charge in [-0.25, -0.2) is 0 Å². The second-order valence-corrected chi connectivity index (χ2v) is 12.3. The highest BCUT2D eigenvalue weighted by molar-refractivity contribution is 5.94. The molecule has 4 amide bonds. The smallest absolute Gasteiger partial charge is 0.245 e. The quantitative estimate of drug-likeness (QED) is 0.555. The van der Waals surface area contributed by atoms with Crippen LogP contribution in [0.2, 0.25) is 0 Å². The molecule has 3 aliphatic rings. The number of hydrogen-bond acceptors (Lipinski definition) is 5. The van der Waals surface area contributed by atoms with E-state index in [-0.39, 0.29) is 37.2 Å². The number of fused-ring (bicyclic) bond motifs is 2. The van der Waals surface area contributed by atoms with Crippen molar-refractivity contribution in [2.45, 2.75) is 71.4 Å². The van der Waals surface area contributed by atoms with Crippen LogP contribution in [-0.4, -0.2) is 65.6 Å². The molecule has 1 heterocycles. The van der Waals surface area contributed by atoms with Crippen molar-refractivity contribution in [3.63, 3.8) is 0 Å². The first-order valence-corrected chi connectivity index (χ1v) is 14.1. The molecule has 0 spiro atoms. The van der Waals surface area contributed by atoms with Crippen molar-refractivity contribution in [3.8, 4) is 6.07 Å². The Morgan fingerprint density at radius 3 is 2.33 bits per heavy atom. The van der Waals surface area contributed by atoms with Crippen LogP contribution in [-0.2, 0) is 19.2 Å². The van der Waals surface area contributed by atoms with Crippen LogP contribution in [0.15, 0.2) is 30.3 Å². The number of benzene rings is 1. The summed E-state index contributed by atoms with van der Waals surface area (Å²) in [5.74, 6) is -0.0341. The summed E-state index contributed by atoms with van der Waals surface area (Å²) >= 11 is 0. The number of nitrogens with one attached hydrogen (secondary N) is 2. The minimum absolute atomic E-state index is 0.0532. The van der Waals surface area contributed by atoms with E-state index in [1.807, 2.05) is 18.2 Å². The van der Waals surface area contributed by atoms with Crippen LogP contribution in [0.4, 0.5) is 5.69 Å². The topological polar surface area (TPSA) is 123 Å². The van der Waals surface area contributed by atoms with Crippen LogP contribution in [0, 0.1) is 40.4 Å². The Hall–Kier alpha value is -3.41. The zero-order chi connectivity index (χ0) is 28.3. The van der Waals surface area contributed by atoms with E-state index in [2.05, 4.69) is 30.6 Å². The van der Waals surface area contributed by atoms with E-state index < -0.39 is 29.3 Å². The van der Waals surface area contributed by atoms with Crippen LogP contribution < -0.4 is 10.6 Å². The lowest BCUT2D eigenvalue weighted by molar-refractivity contribution is -0.145. The highest BCUT2D eigenvalue weighted by Gasteiger charge is 2.49. The number of carbonyl (C=O) groups excluding carboxylic acids is 4. The fraction of sp³-hybridized carbons (Fsp3) is 0.633. The Morgan fingerprint density at radius 2 is 1.72 bits per heavy atom. The fourth-order valence-corrected chi connectivity index (χ4v) is 7.29. The molecule has 39 heavy (non-hydrogen) atoms. The van der Waals surface area contributed by atoms with Crippen LogP contribution >= 0.6 is 0 Å². The highest BCUT2D eigenvalue weighted by atomic mass is 16.2. The van der Waals surface area contributed by atoms with Crippen LogP contribution in [0.5, 0.6) is 0 Å². The Balaban J connectivity index is 1.32. The third-order valence-corrected chi connectivity index (χ3v) is 8.76. The second kappa shape index (κ2) is 11.8. The van der Waals surface area contributed by atoms with Crippen molar-refractivity contribution in [1.29, 1.82) is 5.26 Å². The van der Waals surface area contributed by atoms with Gasteiger partial charge in [0.25, 0.3) is 0 Å². The van der Waals surface area contributed by atoms with Gasteiger partial charge in [0.15, 0.2) is 0 Å². The number of amides is 4. The number of anilines is 1. The molecule has 1 aromatic rings. The van der Waals surface area contributed by atoms with Crippen molar-refractivity contribution in [3.05, 3.63) is 30.3 Å². The maximum absolute atomic E-state index is 13.5. The molecule has 2 N–H and O–H groups in total. The molecule has 2 saturated carbocycles. The summed E-state index contributed by atoms with van der Waals surface area (Å²) in [7, 11) is 1.53. The van der Waals surface area contributed by atoms with Crippen molar-refractivity contribution in [2.24, 2.45) is 29.1 Å². The van der Waals surface area contributed by atoms with E-state index in [9.17, 15) is 24.4 Å². The minimum atomic E-state index is -0.771. The Kier molecular flexibility index (Phi) is 8.63. The Bertz CT molecular complexity index is 1110. The van der Waals surface area contributed by atoms with E-state index in [1.165, 1.54) is 16.8 Å². The molecular weight excluding hydrogens is 494 g/mol. The van der Waals surface area contributed by atoms with Crippen molar-refractivity contribution in [2.75, 3.05) is 25.5 Å². The second-order valence-electron chi connectivity index (χ2n) is 12.3. The fourth-order valence-electron chi connectivity index (χ4n) is 7.29. The largest absolute Gasteiger partial charge is 0.344 e. The van der Waals surface area contributed by atoms with Gasteiger partial charge in [0, 0.05) is 24.7 Å². The molecule has 1 aliphatic heterocycles. The maximum Gasteiger partial charge on any atom is 0.245 e. The molecule has 3 fully saturated rings. The molecule has 9 nitrogen and oxygen atoms in total. The minimum Gasteiger partial charge on any atom is -0.344 e. The van der Waals surface area contributed by atoms with E-state index in [1.54, 1.807) is 19.1 Å². The standard InChI is InChI=1S/C30H41N5O4/c1-19-10-22-11-20(2)14-30(13-19,15-22)29(39)32-21(3)28(38)34(4)18-26(36)35-17-23(12-25(35)16-31)27(37)33-24-8-6-5-7-9-24/h5-9,19-23,25H,10-15,17-18H2,1-4H3,(H,32,39)(H,33,37). The van der Waals surface area contributed by atoms with Crippen LogP contribution in [0.25, 0.3) is 0 Å². The monoisotopic (exact) mass is 535 g/mol. The lowest BCUT2D eigenvalue weighted by Gasteiger charge is -2.49. The van der Waals surface area contributed by atoms with Gasteiger partial charge in [-0.1, -0.05) is 32.0 Å². The van der Waals surface area contributed by atoms with Crippen LogP contribution in [0.1, 0.15) is 59.3 Å². The maximum atomic E-state index is 13.5. The number of rotatable bonds is 7. The number of nitriles is 1. The third-order valence-electron chi connectivity index (χ3n) is 8.76. The number of nitrogens with zero attached hydrogens (tertiary/aromatic N) is 3. The van der Waals surface area contributed by atoms with Gasteiger partial charge < -0.3 is 20.4 Å². The summed E-state index contributed by atoms with van der Waals surface area (Å²) in [5, 5.41) is 15.4. The van der Waals surface area contributed by atoms with Gasteiger partial charge in [-0.2, -0.15) is 5.26 Å². The zero-order valence-corrected chi connectivity index (χ0v) is 23.5. The summed E-state index contributed by atoms with van der Waals surface area (Å²) in [5.41, 5.74) is 0.232. The predicted octanol–water partition coefficient (Wildman–Crippen LogP) is 3.18. The van der Waals surface area contributed by atoms with Gasteiger partial charge in [0.05, 0.1) is 18.5 Å². The first kappa shape index (κ1) is 28.6. The lowest BCUT2D eigenvalue weighted by atomic mass is 9.56. The van der Waals surface area contributed by atoms with E-state index >= 15 is 0 Å². The summed E-state index contributed by atoms with van der Waals surface area (Å²) < 4.78 is 0. The molecule has 1 aromatic carbocycles. The molecule has 9 heteroatoms. The number of likely N-dealkylation sites (N-methyl/N-ethyl adjacent to an activating group) is 1. The predicted molar refractivity (Wildman–Crippen MR) is 147 cm³/mol. The summed E-state index contributed by atoms with van der Waals surface area (Å²) in [6.45, 7) is 5.96. The molecule has 5 unspecified atom stereocenters. The molecule has 1 saturated heterocycles. The first-order valence-electron chi connectivity index (χ1n) is 14.1. The van der Waals surface area contributed by atoms with Crippen molar-refractivity contribution in [1.82, 2.24) is 15.1 Å². The highest BCUT2D eigenvalue weighted by Crippen LogP contribution is 2.52. The molecule has 0 aromatic heterocycles. The Morgan fingerprint density at radius 1 is 1.08 bits per heavy atom. The molecule has 2 bridgehead atoms. The zero-order valence-electron chi connectivity index (χ0n) is 23.5. The molecular formula is C30H41N5O4. The van der Waals surface area contributed by atoms with Gasteiger partial charge in [-0.3, -0.25) is 19.2 Å². The molecule has 0 radical (unpaired) electrons. The van der Waals surface area contributed by atoms with Gasteiger partial charge in [0.2, 0.25) is 23.6 Å². The molecule has 2 aliphatic carbocycles.